The highest BCUT2D eigenvalue weighted by atomic mass is 16.6. The summed E-state index contributed by atoms with van der Waals surface area (Å²) in [6, 6.07) is 13.4. The molecule has 1 amide bonds. The fourth-order valence-electron chi connectivity index (χ4n) is 2.76. The van der Waals surface area contributed by atoms with Crippen molar-refractivity contribution in [2.75, 3.05) is 12.4 Å². The molecule has 0 spiro atoms. The minimum absolute atomic E-state index is 0.275. The summed E-state index contributed by atoms with van der Waals surface area (Å²) in [5.41, 5.74) is 0.646. The molecule has 0 fully saturated rings. The number of carbonyl (C=O) groups is 3. The van der Waals surface area contributed by atoms with Crippen LogP contribution in [0.15, 0.2) is 48.5 Å². The van der Waals surface area contributed by atoms with E-state index in [1.807, 2.05) is 6.07 Å². The number of carbonyl (C=O) groups excluding carboxylic acids is 3. The summed E-state index contributed by atoms with van der Waals surface area (Å²) in [5.74, 6) is -1.49. The third-order valence-electron chi connectivity index (χ3n) is 4.10. The molecule has 2 aromatic carbocycles. The van der Waals surface area contributed by atoms with Crippen molar-refractivity contribution in [1.82, 2.24) is 0 Å². The Morgan fingerprint density at radius 2 is 1.92 bits per heavy atom. The van der Waals surface area contributed by atoms with Crippen LogP contribution in [0.4, 0.5) is 5.69 Å². The third kappa shape index (κ3) is 3.24. The number of hydrogen-bond acceptors (Lipinski definition) is 5. The number of ether oxygens (including phenoxy) is 2. The van der Waals surface area contributed by atoms with Crippen LogP contribution in [0, 0.1) is 0 Å². The molecule has 1 N–H and O–H groups in total. The lowest BCUT2D eigenvalue weighted by Crippen LogP contribution is -2.48. The maximum absolute atomic E-state index is 12.7. The van der Waals surface area contributed by atoms with Crippen LogP contribution in [0.2, 0.25) is 0 Å². The van der Waals surface area contributed by atoms with E-state index in [1.54, 1.807) is 43.3 Å². The van der Waals surface area contributed by atoms with E-state index in [0.717, 1.165) is 5.56 Å². The summed E-state index contributed by atoms with van der Waals surface area (Å²) in [4.78, 5) is 36.5. The van der Waals surface area contributed by atoms with E-state index in [0.29, 0.717) is 16.8 Å². The van der Waals surface area contributed by atoms with E-state index in [4.69, 9.17) is 4.74 Å². The van der Waals surface area contributed by atoms with E-state index in [2.05, 4.69) is 10.1 Å². The molecule has 0 unspecified atom stereocenters. The zero-order chi connectivity index (χ0) is 18.0. The normalized spacial score (nSPS) is 18.7. The van der Waals surface area contributed by atoms with Gasteiger partial charge in [-0.3, -0.25) is 4.79 Å². The summed E-state index contributed by atoms with van der Waals surface area (Å²) in [6.07, 6.45) is 0.275. The second-order valence-electron chi connectivity index (χ2n) is 5.98. The van der Waals surface area contributed by atoms with E-state index < -0.39 is 23.4 Å². The lowest BCUT2D eigenvalue weighted by molar-refractivity contribution is -0.134. The lowest BCUT2D eigenvalue weighted by Gasteiger charge is -2.33. The van der Waals surface area contributed by atoms with Crippen LogP contribution in [0.1, 0.15) is 33.2 Å². The first-order chi connectivity index (χ1) is 11.9. The number of esters is 2. The average molecular weight is 339 g/mol. The van der Waals surface area contributed by atoms with Crippen molar-refractivity contribution >= 4 is 23.5 Å². The topological polar surface area (TPSA) is 81.7 Å². The van der Waals surface area contributed by atoms with Crippen LogP contribution in [0.3, 0.4) is 0 Å². The monoisotopic (exact) mass is 339 g/mol. The number of nitrogens with one attached hydrogen (secondary N) is 1. The largest absolute Gasteiger partial charge is 0.465 e. The molecule has 6 nitrogen and oxygen atoms in total. The summed E-state index contributed by atoms with van der Waals surface area (Å²) >= 11 is 0. The number of amides is 1. The molecule has 1 atom stereocenters. The van der Waals surface area contributed by atoms with Gasteiger partial charge in [0.25, 0.3) is 5.91 Å². The highest BCUT2D eigenvalue weighted by Crippen LogP contribution is 2.29. The molecule has 6 heteroatoms. The van der Waals surface area contributed by atoms with E-state index in [-0.39, 0.29) is 6.42 Å². The summed E-state index contributed by atoms with van der Waals surface area (Å²) in [6.45, 7) is 1.57. The van der Waals surface area contributed by atoms with E-state index >= 15 is 0 Å². The Morgan fingerprint density at radius 1 is 1.16 bits per heavy atom. The third-order valence-corrected chi connectivity index (χ3v) is 4.10. The molecular weight excluding hydrogens is 322 g/mol. The maximum Gasteiger partial charge on any atom is 0.339 e. The molecule has 0 saturated heterocycles. The molecule has 1 heterocycles. The standard InChI is InChI=1S/C19H17NO5/c1-19(11-13-6-3-4-9-15(13)17(22)25-19)18(23)20-14-8-5-7-12(10-14)16(21)24-2/h3-10H,11H2,1-2H3,(H,20,23)/t19-/m0/s1. The Morgan fingerprint density at radius 3 is 2.68 bits per heavy atom. The molecule has 25 heavy (non-hydrogen) atoms. The Bertz CT molecular complexity index is 860. The van der Waals surface area contributed by atoms with Crippen LogP contribution in [0.25, 0.3) is 0 Å². The summed E-state index contributed by atoms with van der Waals surface area (Å²) in [5, 5.41) is 2.70. The van der Waals surface area contributed by atoms with Crippen molar-refractivity contribution in [1.29, 1.82) is 0 Å². The molecule has 3 rings (SSSR count). The van der Waals surface area contributed by atoms with Gasteiger partial charge in [0.2, 0.25) is 0 Å². The van der Waals surface area contributed by atoms with Crippen molar-refractivity contribution in [2.24, 2.45) is 0 Å². The zero-order valence-electron chi connectivity index (χ0n) is 13.9. The Balaban J connectivity index is 1.82. The van der Waals surface area contributed by atoms with Gasteiger partial charge in [0.15, 0.2) is 5.60 Å². The number of anilines is 1. The molecule has 1 aliphatic heterocycles. The number of cyclic esters (lactones) is 1. The Hall–Kier alpha value is -3.15. The SMILES string of the molecule is COC(=O)c1cccc(NC(=O)[C@]2(C)Cc3ccccc3C(=O)O2)c1. The summed E-state index contributed by atoms with van der Waals surface area (Å²) < 4.78 is 10.1. The summed E-state index contributed by atoms with van der Waals surface area (Å²) in [7, 11) is 1.29. The van der Waals surface area contributed by atoms with Gasteiger partial charge in [-0.05, 0) is 36.8 Å². The zero-order valence-corrected chi connectivity index (χ0v) is 13.9. The first-order valence-corrected chi connectivity index (χ1v) is 7.74. The number of fused-ring (bicyclic) bond motifs is 1. The molecule has 2 aromatic rings. The van der Waals surface area contributed by atoms with Gasteiger partial charge >= 0.3 is 11.9 Å². The van der Waals surface area contributed by atoms with Crippen molar-refractivity contribution in [2.45, 2.75) is 18.9 Å². The smallest absolute Gasteiger partial charge is 0.339 e. The molecule has 0 saturated carbocycles. The van der Waals surface area contributed by atoms with Gasteiger partial charge in [0, 0.05) is 12.1 Å². The highest BCUT2D eigenvalue weighted by Gasteiger charge is 2.42. The van der Waals surface area contributed by atoms with E-state index in [9.17, 15) is 14.4 Å². The van der Waals surface area contributed by atoms with Crippen LogP contribution in [0.5, 0.6) is 0 Å². The van der Waals surface area contributed by atoms with Crippen LogP contribution < -0.4 is 5.32 Å². The molecule has 128 valence electrons. The Labute approximate surface area is 144 Å². The Kier molecular flexibility index (Phi) is 4.27. The molecule has 0 radical (unpaired) electrons. The predicted octanol–water partition coefficient (Wildman–Crippen LogP) is 2.58. The number of methoxy groups -OCH3 is 1. The van der Waals surface area contributed by atoms with Crippen molar-refractivity contribution < 1.29 is 23.9 Å². The van der Waals surface area contributed by atoms with Gasteiger partial charge in [-0.2, -0.15) is 0 Å². The van der Waals surface area contributed by atoms with Crippen molar-refractivity contribution in [3.05, 3.63) is 65.2 Å². The van der Waals surface area contributed by atoms with Gasteiger partial charge in [-0.15, -0.1) is 0 Å². The van der Waals surface area contributed by atoms with Gasteiger partial charge in [-0.25, -0.2) is 9.59 Å². The molecule has 0 aliphatic carbocycles. The minimum atomic E-state index is -1.33. The van der Waals surface area contributed by atoms with Gasteiger partial charge < -0.3 is 14.8 Å². The van der Waals surface area contributed by atoms with Crippen molar-refractivity contribution in [3.63, 3.8) is 0 Å². The molecule has 1 aliphatic rings. The number of hydrogen-bond donors (Lipinski definition) is 1. The highest BCUT2D eigenvalue weighted by molar-refractivity contribution is 6.03. The van der Waals surface area contributed by atoms with Crippen molar-refractivity contribution in [3.8, 4) is 0 Å². The second kappa shape index (κ2) is 6.39. The second-order valence-corrected chi connectivity index (χ2v) is 5.98. The van der Waals surface area contributed by atoms with Gasteiger partial charge in [0.1, 0.15) is 0 Å². The molecule has 0 aromatic heterocycles. The first-order valence-electron chi connectivity index (χ1n) is 7.74. The van der Waals surface area contributed by atoms with Gasteiger partial charge in [0.05, 0.1) is 18.2 Å². The van der Waals surface area contributed by atoms with Gasteiger partial charge in [-0.1, -0.05) is 24.3 Å². The van der Waals surface area contributed by atoms with Crippen LogP contribution in [-0.4, -0.2) is 30.6 Å². The number of benzene rings is 2. The molecule has 0 bridgehead atoms. The minimum Gasteiger partial charge on any atom is -0.465 e. The molecular formula is C19H17NO5. The first kappa shape index (κ1) is 16.7. The average Bonchev–Trinajstić information content (AvgIpc) is 2.61. The fraction of sp³-hybridized carbons (Fsp3) is 0.211. The van der Waals surface area contributed by atoms with Crippen LogP contribution in [-0.2, 0) is 20.7 Å². The quantitative estimate of drug-likeness (QED) is 0.869. The number of rotatable bonds is 3. The predicted molar refractivity (Wildman–Crippen MR) is 90.4 cm³/mol. The lowest BCUT2D eigenvalue weighted by atomic mass is 9.89. The fourth-order valence-corrected chi connectivity index (χ4v) is 2.76. The van der Waals surface area contributed by atoms with E-state index in [1.165, 1.54) is 13.2 Å². The maximum atomic E-state index is 12.7. The van der Waals surface area contributed by atoms with Crippen LogP contribution >= 0.6 is 0 Å².